The van der Waals surface area contributed by atoms with Gasteiger partial charge in [-0.1, -0.05) is 75.9 Å². The van der Waals surface area contributed by atoms with Crippen molar-refractivity contribution < 1.29 is 19.1 Å². The first-order valence-corrected chi connectivity index (χ1v) is 17.9. The fourth-order valence-electron chi connectivity index (χ4n) is 3.86. The molecular formula is C41H66ClN3O4. The summed E-state index contributed by atoms with van der Waals surface area (Å²) >= 11 is 5.89. The fraction of sp³-hybridized carbons (Fsp3) is 0.537. The van der Waals surface area contributed by atoms with Crippen molar-refractivity contribution in [3.05, 3.63) is 88.0 Å². The van der Waals surface area contributed by atoms with Gasteiger partial charge in [-0.05, 0) is 123 Å². The molecular weight excluding hydrogens is 634 g/mol. The second kappa shape index (κ2) is 25.5. The monoisotopic (exact) mass is 699 g/mol. The highest BCUT2D eigenvalue weighted by Crippen LogP contribution is 2.23. The molecule has 1 unspecified atom stereocenters. The summed E-state index contributed by atoms with van der Waals surface area (Å²) < 4.78 is 5.90. The molecule has 2 aromatic rings. The average Bonchev–Trinajstić information content (AvgIpc) is 3.06. The van der Waals surface area contributed by atoms with Crippen molar-refractivity contribution in [2.24, 2.45) is 11.1 Å². The molecule has 2 aromatic carbocycles. The number of hydrogen-bond acceptors (Lipinski definition) is 5. The van der Waals surface area contributed by atoms with E-state index in [0.717, 1.165) is 12.8 Å². The van der Waals surface area contributed by atoms with E-state index in [2.05, 4.69) is 45.3 Å². The SMILES string of the molecule is C/C=C\C.CC.CC(C)=C(C)C.CCCC(C)(C)C(=O)NCCC(N)CCNC(=O)C(C)(C)Oc1ccc(C(=O)c2ccc(Cl)cc2)cc1. The maximum Gasteiger partial charge on any atom is 0.263 e. The number of amides is 2. The third-order valence-corrected chi connectivity index (χ3v) is 7.82. The van der Waals surface area contributed by atoms with Crippen LogP contribution in [0.2, 0.25) is 5.02 Å². The summed E-state index contributed by atoms with van der Waals surface area (Å²) in [6, 6.07) is 13.2. The number of ketones is 1. The first kappa shape index (κ1) is 47.7. The molecule has 0 radical (unpaired) electrons. The fourth-order valence-corrected chi connectivity index (χ4v) is 3.99. The minimum Gasteiger partial charge on any atom is -0.478 e. The standard InChI is InChI=1S/C29H40ClN3O4.C6H12.C4H8.C2H6/c1-6-17-28(2,3)26(35)32-18-15-23(31)16-19-33-27(36)29(4,5)37-24-13-9-21(10-14-24)25(34)20-7-11-22(30)12-8-20;1-5(2)6(3)4;1-3-4-2;1-2/h7-14,23H,6,15-19,31H2,1-5H3,(H,32,35)(H,33,36);1-4H3;3-4H,1-2H3;1-2H3/b;;4-3-;. The van der Waals surface area contributed by atoms with Crippen LogP contribution < -0.4 is 21.1 Å². The molecule has 2 rings (SSSR count). The van der Waals surface area contributed by atoms with Crippen LogP contribution in [-0.4, -0.2) is 42.3 Å². The number of carbonyl (C=O) groups excluding carboxylic acids is 3. The summed E-state index contributed by atoms with van der Waals surface area (Å²) in [6.45, 7) is 26.7. The largest absolute Gasteiger partial charge is 0.478 e. The minimum atomic E-state index is -1.12. The van der Waals surface area contributed by atoms with Crippen molar-refractivity contribution in [3.8, 4) is 5.75 Å². The number of allylic oxidation sites excluding steroid dienone is 4. The zero-order chi connectivity index (χ0) is 38.2. The van der Waals surface area contributed by atoms with Gasteiger partial charge < -0.3 is 21.1 Å². The summed E-state index contributed by atoms with van der Waals surface area (Å²) in [5.41, 5.74) is 8.56. The Bertz CT molecular complexity index is 1280. The van der Waals surface area contributed by atoms with Crippen molar-refractivity contribution >= 4 is 29.2 Å². The predicted molar refractivity (Wildman–Crippen MR) is 210 cm³/mol. The first-order chi connectivity index (χ1) is 22.9. The van der Waals surface area contributed by atoms with Crippen LogP contribution in [0.15, 0.2) is 71.8 Å². The maximum atomic E-state index is 12.7. The Hall–Kier alpha value is -3.42. The van der Waals surface area contributed by atoms with Gasteiger partial charge in [-0.25, -0.2) is 0 Å². The van der Waals surface area contributed by atoms with Gasteiger partial charge in [-0.15, -0.1) is 0 Å². The molecule has 8 heteroatoms. The maximum absolute atomic E-state index is 12.7. The molecule has 0 heterocycles. The van der Waals surface area contributed by atoms with E-state index in [1.807, 2.05) is 53.7 Å². The Balaban J connectivity index is 0. The summed E-state index contributed by atoms with van der Waals surface area (Å²) in [5.74, 6) is 0.124. The van der Waals surface area contributed by atoms with Crippen LogP contribution in [0.5, 0.6) is 5.75 Å². The number of carbonyl (C=O) groups is 3. The topological polar surface area (TPSA) is 111 Å². The highest BCUT2D eigenvalue weighted by atomic mass is 35.5. The van der Waals surface area contributed by atoms with Crippen LogP contribution in [-0.2, 0) is 9.59 Å². The van der Waals surface area contributed by atoms with Gasteiger partial charge in [0.2, 0.25) is 5.91 Å². The van der Waals surface area contributed by atoms with Gasteiger partial charge in [0.25, 0.3) is 5.91 Å². The Labute approximate surface area is 303 Å². The molecule has 2 amide bonds. The highest BCUT2D eigenvalue weighted by Gasteiger charge is 2.30. The number of rotatable bonds is 14. The molecule has 0 aromatic heterocycles. The Kier molecular flexibility index (Phi) is 24.9. The third kappa shape index (κ3) is 20.6. The molecule has 0 aliphatic heterocycles. The Morgan fingerprint density at radius 1 is 0.776 bits per heavy atom. The van der Waals surface area contributed by atoms with Crippen LogP contribution in [0.3, 0.4) is 0 Å². The molecule has 0 saturated carbocycles. The number of hydrogen-bond donors (Lipinski definition) is 3. The van der Waals surface area contributed by atoms with Gasteiger partial charge in [-0.3, -0.25) is 14.4 Å². The number of nitrogens with one attached hydrogen (secondary N) is 2. The molecule has 1 atom stereocenters. The van der Waals surface area contributed by atoms with E-state index in [1.54, 1.807) is 62.4 Å². The van der Waals surface area contributed by atoms with Crippen molar-refractivity contribution in [3.63, 3.8) is 0 Å². The molecule has 0 aliphatic rings. The van der Waals surface area contributed by atoms with Crippen LogP contribution in [0.4, 0.5) is 0 Å². The second-order valence-corrected chi connectivity index (χ2v) is 13.6. The van der Waals surface area contributed by atoms with Gasteiger partial charge in [0.1, 0.15) is 5.75 Å². The number of ether oxygens (including phenoxy) is 1. The van der Waals surface area contributed by atoms with Crippen molar-refractivity contribution in [2.75, 3.05) is 13.1 Å². The summed E-state index contributed by atoms with van der Waals surface area (Å²) in [4.78, 5) is 37.6. The van der Waals surface area contributed by atoms with E-state index in [9.17, 15) is 14.4 Å². The number of benzene rings is 2. The molecule has 4 N–H and O–H groups in total. The van der Waals surface area contributed by atoms with E-state index in [1.165, 1.54) is 11.1 Å². The quantitative estimate of drug-likeness (QED) is 0.134. The molecule has 49 heavy (non-hydrogen) atoms. The van der Waals surface area contributed by atoms with Crippen molar-refractivity contribution in [2.45, 2.75) is 127 Å². The molecule has 0 fully saturated rings. The molecule has 276 valence electrons. The van der Waals surface area contributed by atoms with E-state index >= 15 is 0 Å². The van der Waals surface area contributed by atoms with Crippen LogP contribution in [0.1, 0.15) is 132 Å². The van der Waals surface area contributed by atoms with E-state index in [4.69, 9.17) is 22.1 Å². The van der Waals surface area contributed by atoms with Gasteiger partial charge in [-0.2, -0.15) is 0 Å². The first-order valence-electron chi connectivity index (χ1n) is 17.5. The zero-order valence-corrected chi connectivity index (χ0v) is 33.4. The lowest BCUT2D eigenvalue weighted by Crippen LogP contribution is -2.47. The molecule has 7 nitrogen and oxygen atoms in total. The smallest absolute Gasteiger partial charge is 0.263 e. The van der Waals surface area contributed by atoms with E-state index < -0.39 is 5.60 Å². The number of nitrogens with two attached hydrogens (primary N) is 1. The molecule has 0 bridgehead atoms. The number of halogens is 1. The van der Waals surface area contributed by atoms with Gasteiger partial charge >= 0.3 is 0 Å². The second-order valence-electron chi connectivity index (χ2n) is 13.1. The van der Waals surface area contributed by atoms with E-state index in [-0.39, 0.29) is 29.1 Å². The summed E-state index contributed by atoms with van der Waals surface area (Å²) in [6.07, 6.45) is 7.00. The third-order valence-electron chi connectivity index (χ3n) is 7.57. The van der Waals surface area contributed by atoms with Crippen LogP contribution in [0, 0.1) is 5.41 Å². The Morgan fingerprint density at radius 2 is 1.18 bits per heavy atom. The predicted octanol–water partition coefficient (Wildman–Crippen LogP) is 9.87. The lowest BCUT2D eigenvalue weighted by molar-refractivity contribution is -0.134. The Morgan fingerprint density at radius 3 is 1.57 bits per heavy atom. The van der Waals surface area contributed by atoms with Gasteiger partial charge in [0.15, 0.2) is 11.4 Å². The van der Waals surface area contributed by atoms with Gasteiger partial charge in [0.05, 0.1) is 0 Å². The average molecular weight is 700 g/mol. The molecule has 0 saturated heterocycles. The zero-order valence-electron chi connectivity index (χ0n) is 32.7. The lowest BCUT2D eigenvalue weighted by atomic mass is 9.87. The van der Waals surface area contributed by atoms with Gasteiger partial charge in [0, 0.05) is 40.7 Å². The normalized spacial score (nSPS) is 11.3. The van der Waals surface area contributed by atoms with E-state index in [0.29, 0.717) is 47.8 Å². The molecule has 0 aliphatic carbocycles. The van der Waals surface area contributed by atoms with Crippen LogP contribution in [0.25, 0.3) is 0 Å². The molecule has 0 spiro atoms. The van der Waals surface area contributed by atoms with Crippen molar-refractivity contribution in [1.82, 2.24) is 10.6 Å². The summed E-state index contributed by atoms with van der Waals surface area (Å²) in [7, 11) is 0. The van der Waals surface area contributed by atoms with Crippen LogP contribution >= 0.6 is 11.6 Å². The highest BCUT2D eigenvalue weighted by molar-refractivity contribution is 6.30. The van der Waals surface area contributed by atoms with Crippen molar-refractivity contribution in [1.29, 1.82) is 0 Å². The summed E-state index contributed by atoms with van der Waals surface area (Å²) in [5, 5.41) is 6.40. The minimum absolute atomic E-state index is 0.0381. The lowest BCUT2D eigenvalue weighted by Gasteiger charge is -2.26.